The van der Waals surface area contributed by atoms with Crippen LogP contribution in [-0.2, 0) is 0 Å². The Bertz CT molecular complexity index is 1210. The standard InChI is InChI=1S/C21H19F2N5O2/c1-2-16(14-10-6-7-11-17(14)30-20(22)23)25-21-26-18-15(19(29)27-21)12-24-28(18)13-8-4-3-5-9-13/h3-12,16,20H,2H2,1H3,(H2,25,26,27,29). The third kappa shape index (κ3) is 3.86. The minimum absolute atomic E-state index is 0.0737. The molecular formula is C21H19F2N5O2. The van der Waals surface area contributed by atoms with Gasteiger partial charge in [0.15, 0.2) is 5.65 Å². The van der Waals surface area contributed by atoms with Gasteiger partial charge >= 0.3 is 6.61 Å². The summed E-state index contributed by atoms with van der Waals surface area (Å²) in [6.07, 6.45) is 2.00. The van der Waals surface area contributed by atoms with E-state index in [1.807, 2.05) is 37.3 Å². The molecule has 0 amide bonds. The van der Waals surface area contributed by atoms with Crippen LogP contribution in [0.4, 0.5) is 14.7 Å². The van der Waals surface area contributed by atoms with Crippen molar-refractivity contribution in [3.63, 3.8) is 0 Å². The number of alkyl halides is 2. The zero-order valence-corrected chi connectivity index (χ0v) is 16.0. The molecule has 4 aromatic rings. The van der Waals surface area contributed by atoms with Gasteiger partial charge < -0.3 is 10.1 Å². The summed E-state index contributed by atoms with van der Waals surface area (Å²) in [4.78, 5) is 19.8. The van der Waals surface area contributed by atoms with Crippen molar-refractivity contribution in [3.8, 4) is 11.4 Å². The maximum absolute atomic E-state index is 12.8. The number of rotatable bonds is 7. The fraction of sp³-hybridized carbons (Fsp3) is 0.190. The molecule has 0 radical (unpaired) electrons. The molecule has 0 bridgehead atoms. The first kappa shape index (κ1) is 19.6. The molecule has 0 aliphatic rings. The number of fused-ring (bicyclic) bond motifs is 1. The van der Waals surface area contributed by atoms with Crippen LogP contribution in [0.2, 0.25) is 0 Å². The molecule has 0 aliphatic heterocycles. The summed E-state index contributed by atoms with van der Waals surface area (Å²) in [7, 11) is 0. The van der Waals surface area contributed by atoms with E-state index in [1.54, 1.807) is 22.9 Å². The molecule has 2 aromatic heterocycles. The van der Waals surface area contributed by atoms with Gasteiger partial charge in [0.2, 0.25) is 5.95 Å². The van der Waals surface area contributed by atoms with Crippen LogP contribution in [0.5, 0.6) is 5.75 Å². The molecule has 7 nitrogen and oxygen atoms in total. The lowest BCUT2D eigenvalue weighted by molar-refractivity contribution is -0.0505. The van der Waals surface area contributed by atoms with E-state index >= 15 is 0 Å². The van der Waals surface area contributed by atoms with Crippen molar-refractivity contribution in [1.82, 2.24) is 19.7 Å². The van der Waals surface area contributed by atoms with Gasteiger partial charge in [-0.05, 0) is 24.6 Å². The second-order valence-electron chi connectivity index (χ2n) is 6.57. The molecule has 0 saturated carbocycles. The Morgan fingerprint density at radius 1 is 1.13 bits per heavy atom. The summed E-state index contributed by atoms with van der Waals surface area (Å²) >= 11 is 0. The van der Waals surface area contributed by atoms with Crippen LogP contribution >= 0.6 is 0 Å². The predicted octanol–water partition coefficient (Wildman–Crippen LogP) is 4.27. The fourth-order valence-electron chi connectivity index (χ4n) is 3.28. The third-order valence-corrected chi connectivity index (χ3v) is 4.67. The van der Waals surface area contributed by atoms with Crippen LogP contribution in [0, 0.1) is 0 Å². The summed E-state index contributed by atoms with van der Waals surface area (Å²) in [6.45, 7) is -1.04. The number of anilines is 1. The molecule has 0 spiro atoms. The molecule has 9 heteroatoms. The summed E-state index contributed by atoms with van der Waals surface area (Å²) in [6, 6.07) is 15.5. The second kappa shape index (κ2) is 8.32. The Hall–Kier alpha value is -3.75. The Morgan fingerprint density at radius 3 is 2.60 bits per heavy atom. The second-order valence-corrected chi connectivity index (χ2v) is 6.57. The molecule has 0 aliphatic carbocycles. The number of H-pyrrole nitrogens is 1. The lowest BCUT2D eigenvalue weighted by Gasteiger charge is -2.20. The average molecular weight is 411 g/mol. The van der Waals surface area contributed by atoms with Gasteiger partial charge in [-0.3, -0.25) is 9.78 Å². The number of hydrogen-bond acceptors (Lipinski definition) is 5. The molecule has 4 rings (SSSR count). The SMILES string of the molecule is CCC(Nc1nc2c(cnn2-c2ccccc2)c(=O)[nH]1)c1ccccc1OC(F)F. The van der Waals surface area contributed by atoms with Crippen LogP contribution in [0.3, 0.4) is 0 Å². The first-order chi connectivity index (χ1) is 14.6. The van der Waals surface area contributed by atoms with E-state index in [0.29, 0.717) is 23.0 Å². The Balaban J connectivity index is 1.72. The van der Waals surface area contributed by atoms with E-state index in [9.17, 15) is 13.6 Å². The Labute approximate surface area is 170 Å². The van der Waals surface area contributed by atoms with Gasteiger partial charge in [0.25, 0.3) is 5.56 Å². The molecule has 154 valence electrons. The van der Waals surface area contributed by atoms with Gasteiger partial charge in [-0.1, -0.05) is 43.3 Å². The molecule has 30 heavy (non-hydrogen) atoms. The molecular weight excluding hydrogens is 392 g/mol. The van der Waals surface area contributed by atoms with Crippen molar-refractivity contribution in [2.75, 3.05) is 5.32 Å². The van der Waals surface area contributed by atoms with Gasteiger partial charge in [-0.25, -0.2) is 4.68 Å². The van der Waals surface area contributed by atoms with E-state index < -0.39 is 12.7 Å². The average Bonchev–Trinajstić information content (AvgIpc) is 3.17. The Kier molecular flexibility index (Phi) is 5.42. The van der Waals surface area contributed by atoms with Crippen molar-refractivity contribution in [2.45, 2.75) is 26.0 Å². The number of aromatic amines is 1. The number of hydrogen-bond donors (Lipinski definition) is 2. The monoisotopic (exact) mass is 411 g/mol. The number of ether oxygens (including phenoxy) is 1. The highest BCUT2D eigenvalue weighted by Crippen LogP contribution is 2.30. The largest absolute Gasteiger partial charge is 0.434 e. The van der Waals surface area contributed by atoms with Crippen LogP contribution in [-0.4, -0.2) is 26.4 Å². The van der Waals surface area contributed by atoms with Crippen LogP contribution in [0.15, 0.2) is 65.6 Å². The molecule has 1 atom stereocenters. The van der Waals surface area contributed by atoms with Crippen LogP contribution in [0.25, 0.3) is 16.7 Å². The highest BCUT2D eigenvalue weighted by atomic mass is 19.3. The van der Waals surface area contributed by atoms with E-state index in [0.717, 1.165) is 5.69 Å². The predicted molar refractivity (Wildman–Crippen MR) is 109 cm³/mol. The number of nitrogens with zero attached hydrogens (tertiary/aromatic N) is 3. The number of para-hydroxylation sites is 2. The van der Waals surface area contributed by atoms with E-state index in [2.05, 4.69) is 25.1 Å². The fourth-order valence-corrected chi connectivity index (χ4v) is 3.28. The van der Waals surface area contributed by atoms with Gasteiger partial charge in [-0.2, -0.15) is 18.9 Å². The first-order valence-electron chi connectivity index (χ1n) is 9.40. The van der Waals surface area contributed by atoms with Crippen LogP contribution < -0.4 is 15.6 Å². The zero-order chi connectivity index (χ0) is 21.1. The normalized spacial score (nSPS) is 12.3. The van der Waals surface area contributed by atoms with Crippen molar-refractivity contribution in [1.29, 1.82) is 0 Å². The quantitative estimate of drug-likeness (QED) is 0.474. The zero-order valence-electron chi connectivity index (χ0n) is 16.0. The van der Waals surface area contributed by atoms with Crippen molar-refractivity contribution >= 4 is 17.0 Å². The maximum Gasteiger partial charge on any atom is 0.387 e. The van der Waals surface area contributed by atoms with Crippen molar-refractivity contribution in [3.05, 3.63) is 76.7 Å². The molecule has 1 unspecified atom stereocenters. The van der Waals surface area contributed by atoms with E-state index in [-0.39, 0.29) is 17.3 Å². The Morgan fingerprint density at radius 2 is 1.87 bits per heavy atom. The van der Waals surface area contributed by atoms with E-state index in [4.69, 9.17) is 0 Å². The summed E-state index contributed by atoms with van der Waals surface area (Å²) < 4.78 is 31.8. The first-order valence-corrected chi connectivity index (χ1v) is 9.40. The van der Waals surface area contributed by atoms with Gasteiger partial charge in [-0.15, -0.1) is 0 Å². The minimum atomic E-state index is -2.93. The number of halogens is 2. The van der Waals surface area contributed by atoms with Crippen molar-refractivity contribution < 1.29 is 13.5 Å². The van der Waals surface area contributed by atoms with Crippen molar-refractivity contribution in [2.24, 2.45) is 0 Å². The molecule has 0 fully saturated rings. The molecule has 2 heterocycles. The lowest BCUT2D eigenvalue weighted by Crippen LogP contribution is -2.18. The topological polar surface area (TPSA) is 84.8 Å². The molecule has 2 N–H and O–H groups in total. The smallest absolute Gasteiger partial charge is 0.387 e. The highest BCUT2D eigenvalue weighted by Gasteiger charge is 2.19. The van der Waals surface area contributed by atoms with Gasteiger partial charge in [0, 0.05) is 5.56 Å². The number of benzene rings is 2. The summed E-state index contributed by atoms with van der Waals surface area (Å²) in [5, 5.41) is 7.75. The van der Waals surface area contributed by atoms with Gasteiger partial charge in [0.1, 0.15) is 11.1 Å². The summed E-state index contributed by atoms with van der Waals surface area (Å²) in [5.74, 6) is 0.286. The number of aromatic nitrogens is 4. The lowest BCUT2D eigenvalue weighted by atomic mass is 10.0. The highest BCUT2D eigenvalue weighted by molar-refractivity contribution is 5.76. The molecule has 0 saturated heterocycles. The minimum Gasteiger partial charge on any atom is -0.434 e. The third-order valence-electron chi connectivity index (χ3n) is 4.67. The number of nitrogens with one attached hydrogen (secondary N) is 2. The van der Waals surface area contributed by atoms with Gasteiger partial charge in [0.05, 0.1) is 17.9 Å². The van der Waals surface area contributed by atoms with Crippen LogP contribution in [0.1, 0.15) is 24.9 Å². The van der Waals surface area contributed by atoms with E-state index in [1.165, 1.54) is 12.3 Å². The maximum atomic E-state index is 12.8. The molecule has 2 aromatic carbocycles. The summed E-state index contributed by atoms with van der Waals surface area (Å²) in [5.41, 5.74) is 1.34.